The fraction of sp³-hybridized carbons (Fsp3) is 0.857. The molecule has 0 saturated heterocycles. The summed E-state index contributed by atoms with van der Waals surface area (Å²) in [7, 11) is 1.60. The zero-order valence-electron chi connectivity index (χ0n) is 13.0. The first-order valence-electron chi connectivity index (χ1n) is 7.59. The molecule has 0 unspecified atom stereocenters. The molecule has 120 valence electrons. The second kappa shape index (κ2) is 6.24. The number of aromatic nitrogens is 3. The van der Waals surface area contributed by atoms with Crippen molar-refractivity contribution in [3.05, 3.63) is 5.82 Å². The van der Waals surface area contributed by atoms with Crippen LogP contribution in [-0.2, 0) is 21.0 Å². The molecule has 1 heterocycles. The quantitative estimate of drug-likeness (QED) is 0.791. The Morgan fingerprint density at radius 1 is 1.19 bits per heavy atom. The lowest BCUT2D eigenvalue weighted by Crippen LogP contribution is -2.27. The Morgan fingerprint density at radius 3 is 2.33 bits per heavy atom. The average Bonchev–Trinajstić information content (AvgIpc) is 2.81. The summed E-state index contributed by atoms with van der Waals surface area (Å²) in [5, 5.41) is 7.75. The highest BCUT2D eigenvalue weighted by Crippen LogP contribution is 2.29. The minimum Gasteiger partial charge on any atom is -0.295 e. The highest BCUT2D eigenvalue weighted by molar-refractivity contribution is 8.13. The molecule has 0 amide bonds. The molecule has 0 radical (unpaired) electrons. The van der Waals surface area contributed by atoms with Crippen molar-refractivity contribution in [3.63, 3.8) is 0 Å². The predicted octanol–water partition coefficient (Wildman–Crippen LogP) is 3.47. The van der Waals surface area contributed by atoms with Gasteiger partial charge in [0.25, 0.3) is 14.2 Å². The molecule has 1 aromatic heterocycles. The molecule has 1 aliphatic rings. The standard InChI is InChI=1S/C14H24ClN3O2S/c1-14(2,3)18-12(16-17-13(18)21(15,19)20)10-9-11-7-5-4-6-8-11/h11H,4-10H2,1-3H3. The molecule has 0 atom stereocenters. The Hall–Kier alpha value is -0.620. The molecule has 7 heteroatoms. The Balaban J connectivity index is 2.21. The Morgan fingerprint density at radius 2 is 1.81 bits per heavy atom. The minimum atomic E-state index is -3.88. The van der Waals surface area contributed by atoms with Crippen LogP contribution in [0.2, 0.25) is 0 Å². The van der Waals surface area contributed by atoms with Gasteiger partial charge in [-0.2, -0.15) is 0 Å². The van der Waals surface area contributed by atoms with Gasteiger partial charge in [-0.3, -0.25) is 4.57 Å². The number of hydrogen-bond donors (Lipinski definition) is 0. The van der Waals surface area contributed by atoms with Gasteiger partial charge in [0, 0.05) is 22.6 Å². The molecule has 1 aromatic rings. The van der Waals surface area contributed by atoms with Gasteiger partial charge in [-0.1, -0.05) is 32.1 Å². The molecule has 1 fully saturated rings. The van der Waals surface area contributed by atoms with Crippen LogP contribution in [0.1, 0.15) is 65.1 Å². The van der Waals surface area contributed by atoms with Crippen LogP contribution in [-0.4, -0.2) is 23.2 Å². The first-order chi connectivity index (χ1) is 9.69. The molecule has 1 aliphatic carbocycles. The van der Waals surface area contributed by atoms with Gasteiger partial charge < -0.3 is 0 Å². The molecule has 0 N–H and O–H groups in total. The van der Waals surface area contributed by atoms with E-state index in [1.807, 2.05) is 20.8 Å². The molecule has 1 saturated carbocycles. The smallest absolute Gasteiger partial charge is 0.295 e. The summed E-state index contributed by atoms with van der Waals surface area (Å²) in [5.74, 6) is 1.44. The van der Waals surface area contributed by atoms with Gasteiger partial charge in [-0.05, 0) is 33.1 Å². The second-order valence-electron chi connectivity index (χ2n) is 6.89. The van der Waals surface area contributed by atoms with Crippen molar-refractivity contribution in [2.24, 2.45) is 5.92 Å². The van der Waals surface area contributed by atoms with Gasteiger partial charge in [0.2, 0.25) is 0 Å². The van der Waals surface area contributed by atoms with E-state index in [0.717, 1.165) is 18.8 Å². The summed E-state index contributed by atoms with van der Waals surface area (Å²) in [6, 6.07) is 0. The number of hydrogen-bond acceptors (Lipinski definition) is 4. The lowest BCUT2D eigenvalue weighted by molar-refractivity contribution is 0.320. The molecule has 21 heavy (non-hydrogen) atoms. The van der Waals surface area contributed by atoms with Crippen LogP contribution in [0.15, 0.2) is 5.16 Å². The molecule has 0 aliphatic heterocycles. The van der Waals surface area contributed by atoms with Gasteiger partial charge in [0.1, 0.15) is 5.82 Å². The fourth-order valence-electron chi connectivity index (χ4n) is 3.10. The van der Waals surface area contributed by atoms with Gasteiger partial charge in [0.05, 0.1) is 0 Å². The minimum absolute atomic E-state index is 0.143. The Kier molecular flexibility index (Phi) is 4.98. The van der Waals surface area contributed by atoms with Crippen molar-refractivity contribution >= 4 is 19.7 Å². The van der Waals surface area contributed by atoms with E-state index in [4.69, 9.17) is 10.7 Å². The van der Waals surface area contributed by atoms with E-state index in [1.165, 1.54) is 32.1 Å². The monoisotopic (exact) mass is 333 g/mol. The third kappa shape index (κ3) is 4.19. The average molecular weight is 334 g/mol. The molecule has 2 rings (SSSR count). The van der Waals surface area contributed by atoms with Crippen LogP contribution >= 0.6 is 10.7 Å². The summed E-state index contributed by atoms with van der Waals surface area (Å²) in [5.41, 5.74) is -0.414. The first-order valence-corrected chi connectivity index (χ1v) is 9.90. The third-order valence-corrected chi connectivity index (χ3v) is 5.20. The van der Waals surface area contributed by atoms with E-state index < -0.39 is 14.6 Å². The number of nitrogens with zero attached hydrogens (tertiary/aromatic N) is 3. The van der Waals surface area contributed by atoms with E-state index in [2.05, 4.69) is 10.2 Å². The van der Waals surface area contributed by atoms with E-state index >= 15 is 0 Å². The fourth-order valence-corrected chi connectivity index (χ4v) is 4.14. The van der Waals surface area contributed by atoms with Crippen LogP contribution in [0.4, 0.5) is 0 Å². The number of aryl methyl sites for hydroxylation is 1. The normalized spacial score (nSPS) is 18.1. The van der Waals surface area contributed by atoms with E-state index in [0.29, 0.717) is 5.82 Å². The molecule has 0 spiro atoms. The van der Waals surface area contributed by atoms with Gasteiger partial charge >= 0.3 is 0 Å². The predicted molar refractivity (Wildman–Crippen MR) is 83.0 cm³/mol. The van der Waals surface area contributed by atoms with Crippen molar-refractivity contribution < 1.29 is 8.42 Å². The molecule has 0 aromatic carbocycles. The Bertz CT molecular complexity index is 584. The second-order valence-corrected chi connectivity index (χ2v) is 9.35. The first kappa shape index (κ1) is 16.7. The van der Waals surface area contributed by atoms with E-state index in [-0.39, 0.29) is 5.16 Å². The highest BCUT2D eigenvalue weighted by atomic mass is 35.7. The van der Waals surface area contributed by atoms with Crippen molar-refractivity contribution in [3.8, 4) is 0 Å². The third-order valence-electron chi connectivity index (χ3n) is 4.09. The molecular formula is C14H24ClN3O2S. The number of halogens is 1. The number of rotatable bonds is 4. The maximum atomic E-state index is 11.7. The zero-order chi connectivity index (χ0) is 15.7. The summed E-state index contributed by atoms with van der Waals surface area (Å²) < 4.78 is 25.0. The van der Waals surface area contributed by atoms with Crippen molar-refractivity contribution in [1.82, 2.24) is 14.8 Å². The van der Waals surface area contributed by atoms with Crippen molar-refractivity contribution in [2.45, 2.75) is 76.4 Å². The van der Waals surface area contributed by atoms with Gasteiger partial charge in [0.15, 0.2) is 0 Å². The van der Waals surface area contributed by atoms with Crippen LogP contribution in [0.25, 0.3) is 0 Å². The molecule has 0 bridgehead atoms. The van der Waals surface area contributed by atoms with Crippen molar-refractivity contribution in [2.75, 3.05) is 0 Å². The highest BCUT2D eigenvalue weighted by Gasteiger charge is 2.29. The van der Waals surface area contributed by atoms with E-state index in [9.17, 15) is 8.42 Å². The summed E-state index contributed by atoms with van der Waals surface area (Å²) in [4.78, 5) is 0. The molecular weight excluding hydrogens is 310 g/mol. The lowest BCUT2D eigenvalue weighted by atomic mass is 9.86. The largest absolute Gasteiger partial charge is 0.296 e. The van der Waals surface area contributed by atoms with Crippen LogP contribution in [0.3, 0.4) is 0 Å². The van der Waals surface area contributed by atoms with Gasteiger partial charge in [-0.25, -0.2) is 8.42 Å². The van der Waals surface area contributed by atoms with Crippen molar-refractivity contribution in [1.29, 1.82) is 0 Å². The van der Waals surface area contributed by atoms with E-state index in [1.54, 1.807) is 4.57 Å². The topological polar surface area (TPSA) is 64.8 Å². The maximum absolute atomic E-state index is 11.7. The Labute approximate surface area is 131 Å². The lowest BCUT2D eigenvalue weighted by Gasteiger charge is -2.25. The van der Waals surface area contributed by atoms with Crippen LogP contribution in [0.5, 0.6) is 0 Å². The zero-order valence-corrected chi connectivity index (χ0v) is 14.5. The summed E-state index contributed by atoms with van der Waals surface area (Å²) >= 11 is 0. The molecule has 5 nitrogen and oxygen atoms in total. The van der Waals surface area contributed by atoms with Crippen LogP contribution in [0, 0.1) is 5.92 Å². The summed E-state index contributed by atoms with van der Waals surface area (Å²) in [6.07, 6.45) is 8.27. The maximum Gasteiger partial charge on any atom is 0.296 e. The SMILES string of the molecule is CC(C)(C)n1c(CCC2CCCCC2)nnc1S(=O)(=O)Cl. The van der Waals surface area contributed by atoms with Crippen LogP contribution < -0.4 is 0 Å². The summed E-state index contributed by atoms with van der Waals surface area (Å²) in [6.45, 7) is 5.81. The van der Waals surface area contributed by atoms with Gasteiger partial charge in [-0.15, -0.1) is 10.2 Å².